The predicted molar refractivity (Wildman–Crippen MR) is 62.8 cm³/mol. The van der Waals surface area contributed by atoms with Crippen LogP contribution in [0.1, 0.15) is 25.7 Å². The fourth-order valence-corrected chi connectivity index (χ4v) is 1.16. The molecule has 14 heavy (non-hydrogen) atoms. The molecule has 0 aromatic rings. The van der Waals surface area contributed by atoms with Crippen LogP contribution < -0.4 is 0 Å². The minimum atomic E-state index is 1.03. The Labute approximate surface area is 87.0 Å². The summed E-state index contributed by atoms with van der Waals surface area (Å²) in [5.41, 5.74) is 0. The van der Waals surface area contributed by atoms with Gasteiger partial charge in [0.15, 0.2) is 0 Å². The van der Waals surface area contributed by atoms with Gasteiger partial charge in [-0.15, -0.1) is 0 Å². The van der Waals surface area contributed by atoms with Gasteiger partial charge in [-0.1, -0.05) is 54.7 Å². The maximum atomic E-state index is 3.29. The van der Waals surface area contributed by atoms with Crippen LogP contribution in [-0.4, -0.2) is 0 Å². The van der Waals surface area contributed by atoms with Crippen molar-refractivity contribution in [2.75, 3.05) is 0 Å². The highest BCUT2D eigenvalue weighted by Gasteiger charge is 1.79. The molecule has 0 unspecified atom stereocenters. The van der Waals surface area contributed by atoms with E-state index in [0.29, 0.717) is 0 Å². The first-order valence-corrected chi connectivity index (χ1v) is 5.20. The molecule has 0 heterocycles. The first-order chi connectivity index (χ1) is 7.00. The van der Waals surface area contributed by atoms with Crippen molar-refractivity contribution in [2.45, 2.75) is 25.7 Å². The highest BCUT2D eigenvalue weighted by molar-refractivity contribution is 5.15. The van der Waals surface area contributed by atoms with Gasteiger partial charge in [-0.05, 0) is 31.8 Å². The zero-order valence-corrected chi connectivity index (χ0v) is 8.52. The van der Waals surface area contributed by atoms with Crippen molar-refractivity contribution >= 4 is 0 Å². The van der Waals surface area contributed by atoms with Gasteiger partial charge in [0.05, 0.1) is 0 Å². The molecule has 1 radical (unpaired) electrons. The van der Waals surface area contributed by atoms with E-state index in [9.17, 15) is 0 Å². The zero-order chi connectivity index (χ0) is 9.90. The SMILES string of the molecule is [C]1=C/CC/C=C/C=C\C=C\C=C/CC/1. The Morgan fingerprint density at radius 2 is 1.29 bits per heavy atom. The molecule has 0 spiro atoms. The molecule has 73 valence electrons. The lowest BCUT2D eigenvalue weighted by molar-refractivity contribution is 0.984. The smallest absolute Gasteiger partial charge is 0.0245 e. The Morgan fingerprint density at radius 3 is 2.07 bits per heavy atom. The quantitative estimate of drug-likeness (QED) is 0.532. The molecule has 0 saturated carbocycles. The topological polar surface area (TPSA) is 0 Å². The van der Waals surface area contributed by atoms with Crippen molar-refractivity contribution in [3.63, 3.8) is 0 Å². The molecule has 1 aliphatic rings. The summed E-state index contributed by atoms with van der Waals surface area (Å²) in [7, 11) is 0. The molecule has 0 N–H and O–H groups in total. The average molecular weight is 185 g/mol. The van der Waals surface area contributed by atoms with E-state index < -0.39 is 0 Å². The van der Waals surface area contributed by atoms with Crippen LogP contribution in [0.5, 0.6) is 0 Å². The van der Waals surface area contributed by atoms with E-state index in [1.807, 2.05) is 6.08 Å². The van der Waals surface area contributed by atoms with Crippen molar-refractivity contribution in [2.24, 2.45) is 0 Å². The molecule has 0 saturated heterocycles. The van der Waals surface area contributed by atoms with E-state index in [2.05, 4.69) is 54.7 Å². The molecule has 0 fully saturated rings. The Morgan fingerprint density at radius 1 is 0.643 bits per heavy atom. The minimum absolute atomic E-state index is 1.03. The van der Waals surface area contributed by atoms with Gasteiger partial charge < -0.3 is 0 Å². The second kappa shape index (κ2) is 8.31. The van der Waals surface area contributed by atoms with E-state index >= 15 is 0 Å². The maximum absolute atomic E-state index is 3.29. The van der Waals surface area contributed by atoms with Gasteiger partial charge in [0, 0.05) is 0 Å². The Balaban J connectivity index is 2.46. The number of allylic oxidation sites excluding steroid dienone is 10. The minimum Gasteiger partial charge on any atom is -0.0842 e. The molecule has 0 aromatic carbocycles. The van der Waals surface area contributed by atoms with Crippen LogP contribution >= 0.6 is 0 Å². The van der Waals surface area contributed by atoms with E-state index in [1.165, 1.54) is 0 Å². The summed E-state index contributed by atoms with van der Waals surface area (Å²) < 4.78 is 0. The summed E-state index contributed by atoms with van der Waals surface area (Å²) in [4.78, 5) is 0. The van der Waals surface area contributed by atoms with Crippen LogP contribution in [0, 0.1) is 6.08 Å². The fraction of sp³-hybridized carbons (Fsp3) is 0.286. The Hall–Kier alpha value is -1.30. The van der Waals surface area contributed by atoms with Crippen LogP contribution in [0.3, 0.4) is 0 Å². The summed E-state index contributed by atoms with van der Waals surface area (Å²) in [5, 5.41) is 0. The van der Waals surface area contributed by atoms with Gasteiger partial charge in [0.1, 0.15) is 0 Å². The number of hydrogen-bond donors (Lipinski definition) is 0. The highest BCUT2D eigenvalue weighted by atomic mass is 13.8. The second-order valence-electron chi connectivity index (χ2n) is 3.15. The van der Waals surface area contributed by atoms with E-state index in [0.717, 1.165) is 25.7 Å². The van der Waals surface area contributed by atoms with Gasteiger partial charge in [0.2, 0.25) is 0 Å². The third-order valence-corrected chi connectivity index (χ3v) is 1.91. The van der Waals surface area contributed by atoms with Crippen LogP contribution in [0.2, 0.25) is 0 Å². The monoisotopic (exact) mass is 185 g/mol. The van der Waals surface area contributed by atoms with Crippen molar-refractivity contribution < 1.29 is 0 Å². The molecule has 0 aromatic heterocycles. The lowest BCUT2D eigenvalue weighted by Gasteiger charge is -1.87. The van der Waals surface area contributed by atoms with Crippen molar-refractivity contribution in [1.82, 2.24) is 0 Å². The maximum Gasteiger partial charge on any atom is -0.0245 e. The van der Waals surface area contributed by atoms with Gasteiger partial charge in [-0.2, -0.15) is 0 Å². The second-order valence-corrected chi connectivity index (χ2v) is 3.15. The third kappa shape index (κ3) is 6.24. The van der Waals surface area contributed by atoms with Gasteiger partial charge >= 0.3 is 0 Å². The largest absolute Gasteiger partial charge is 0.0842 e. The first-order valence-electron chi connectivity index (χ1n) is 5.20. The normalized spacial score (nSPS) is 29.7. The molecule has 0 amide bonds. The van der Waals surface area contributed by atoms with Crippen molar-refractivity contribution in [3.05, 3.63) is 60.8 Å². The zero-order valence-electron chi connectivity index (χ0n) is 8.52. The molecular weight excluding hydrogens is 168 g/mol. The molecule has 0 aliphatic heterocycles. The molecule has 1 aliphatic carbocycles. The summed E-state index contributed by atoms with van der Waals surface area (Å²) >= 11 is 0. The summed E-state index contributed by atoms with van der Waals surface area (Å²) in [6.45, 7) is 0. The van der Waals surface area contributed by atoms with Crippen LogP contribution in [-0.2, 0) is 0 Å². The van der Waals surface area contributed by atoms with Crippen molar-refractivity contribution in [1.29, 1.82) is 0 Å². The van der Waals surface area contributed by atoms with Gasteiger partial charge in [0.25, 0.3) is 0 Å². The van der Waals surface area contributed by atoms with Crippen LogP contribution in [0.15, 0.2) is 54.7 Å². The van der Waals surface area contributed by atoms with Crippen molar-refractivity contribution in [3.8, 4) is 0 Å². The van der Waals surface area contributed by atoms with E-state index in [4.69, 9.17) is 0 Å². The number of hydrogen-bond acceptors (Lipinski definition) is 0. The predicted octanol–water partition coefficient (Wildman–Crippen LogP) is 4.14. The molecule has 0 atom stereocenters. The van der Waals surface area contributed by atoms with Gasteiger partial charge in [-0.25, -0.2) is 0 Å². The summed E-state index contributed by atoms with van der Waals surface area (Å²) in [6, 6.07) is 0. The molecule has 0 nitrogen and oxygen atoms in total. The highest BCUT2D eigenvalue weighted by Crippen LogP contribution is 1.98. The summed E-state index contributed by atoms with van der Waals surface area (Å²) in [5.74, 6) is 0. The molecule has 0 heteroatoms. The van der Waals surface area contributed by atoms with Gasteiger partial charge in [-0.3, -0.25) is 0 Å². The Kier molecular flexibility index (Phi) is 6.39. The summed E-state index contributed by atoms with van der Waals surface area (Å²) in [6.07, 6.45) is 26.5. The van der Waals surface area contributed by atoms with E-state index in [1.54, 1.807) is 0 Å². The molecule has 1 rings (SSSR count). The first kappa shape index (κ1) is 10.8. The third-order valence-electron chi connectivity index (χ3n) is 1.91. The Bertz CT molecular complexity index is 234. The van der Waals surface area contributed by atoms with Crippen LogP contribution in [0.25, 0.3) is 0 Å². The standard InChI is InChI=1S/C14H17/c1-2-4-6-8-10-12-14-13-11-9-7-5-3-1/h1-8,13H,9-12H2/b3-1-,4-2+,7-5+,8-6-,14-13?. The van der Waals surface area contributed by atoms with Crippen LogP contribution in [0.4, 0.5) is 0 Å². The number of rotatable bonds is 0. The average Bonchev–Trinajstić information content (AvgIpc) is 2.22. The molecule has 0 bridgehead atoms. The fourth-order valence-electron chi connectivity index (χ4n) is 1.16. The lowest BCUT2D eigenvalue weighted by atomic mass is 10.2. The lowest BCUT2D eigenvalue weighted by Crippen LogP contribution is -1.68. The molecular formula is C14H17. The van der Waals surface area contributed by atoms with E-state index in [-0.39, 0.29) is 0 Å².